The van der Waals surface area contributed by atoms with Gasteiger partial charge in [-0.25, -0.2) is 4.39 Å². The summed E-state index contributed by atoms with van der Waals surface area (Å²) in [6.45, 7) is 14.6. The van der Waals surface area contributed by atoms with Crippen molar-refractivity contribution in [3.8, 4) is 0 Å². The Bertz CT molecular complexity index is 822. The number of halogens is 2. The quantitative estimate of drug-likeness (QED) is 0.623. The fourth-order valence-electron chi connectivity index (χ4n) is 4.01. The van der Waals surface area contributed by atoms with E-state index in [1.54, 1.807) is 4.68 Å². The van der Waals surface area contributed by atoms with Crippen LogP contribution in [0.2, 0.25) is 5.02 Å². The predicted molar refractivity (Wildman–Crippen MR) is 108 cm³/mol. The molecule has 0 spiro atoms. The third-order valence-electron chi connectivity index (χ3n) is 5.54. The van der Waals surface area contributed by atoms with Crippen molar-refractivity contribution in [2.45, 2.75) is 97.1 Å². The summed E-state index contributed by atoms with van der Waals surface area (Å²) in [4.78, 5) is 0. The SMILES string of the molecule is CC(C)n1ncc(F)c1C(C)(C)Cc1nn(C2CCC2)c(C(C)(C)C)c1Cl. The molecule has 1 aliphatic carbocycles. The predicted octanol–water partition coefficient (Wildman–Crippen LogP) is 6.00. The van der Waals surface area contributed by atoms with Crippen LogP contribution in [0.3, 0.4) is 0 Å². The Balaban J connectivity index is 2.03. The van der Waals surface area contributed by atoms with Gasteiger partial charge in [0.1, 0.15) is 0 Å². The standard InChI is InChI=1S/C21H32ClFN4/c1-13(2)26-18(15(23)12-24-26)21(6,7)11-16-17(22)19(20(3,4)5)27(25-16)14-9-8-10-14/h12-14H,8-11H2,1-7H3. The van der Waals surface area contributed by atoms with Crippen LogP contribution in [-0.2, 0) is 17.3 Å². The maximum Gasteiger partial charge on any atom is 0.164 e. The fraction of sp³-hybridized carbons (Fsp3) is 0.714. The van der Waals surface area contributed by atoms with Crippen molar-refractivity contribution in [3.63, 3.8) is 0 Å². The van der Waals surface area contributed by atoms with Gasteiger partial charge in [0.05, 0.1) is 34.3 Å². The highest BCUT2D eigenvalue weighted by molar-refractivity contribution is 6.32. The zero-order valence-corrected chi connectivity index (χ0v) is 18.4. The monoisotopic (exact) mass is 394 g/mol. The third-order valence-corrected chi connectivity index (χ3v) is 5.94. The van der Waals surface area contributed by atoms with Gasteiger partial charge < -0.3 is 0 Å². The minimum absolute atomic E-state index is 0.0903. The van der Waals surface area contributed by atoms with Crippen molar-refractivity contribution in [1.29, 1.82) is 0 Å². The molecule has 0 aliphatic heterocycles. The van der Waals surface area contributed by atoms with Crippen LogP contribution in [0.4, 0.5) is 4.39 Å². The van der Waals surface area contributed by atoms with E-state index < -0.39 is 5.41 Å². The van der Waals surface area contributed by atoms with Crippen molar-refractivity contribution in [2.24, 2.45) is 0 Å². The normalized spacial score (nSPS) is 16.2. The van der Waals surface area contributed by atoms with Crippen molar-refractivity contribution in [1.82, 2.24) is 19.6 Å². The van der Waals surface area contributed by atoms with Gasteiger partial charge in [-0.15, -0.1) is 0 Å². The first kappa shape index (κ1) is 20.4. The number of nitrogens with zero attached hydrogens (tertiary/aromatic N) is 4. The van der Waals surface area contributed by atoms with E-state index in [1.807, 2.05) is 27.7 Å². The van der Waals surface area contributed by atoms with E-state index in [2.05, 4.69) is 30.6 Å². The molecule has 1 aliphatic rings. The Kier molecular flexibility index (Phi) is 5.21. The maximum atomic E-state index is 14.6. The molecule has 1 saturated carbocycles. The van der Waals surface area contributed by atoms with Gasteiger partial charge in [0.25, 0.3) is 0 Å². The highest BCUT2D eigenvalue weighted by Gasteiger charge is 2.36. The van der Waals surface area contributed by atoms with E-state index in [4.69, 9.17) is 16.7 Å². The minimum atomic E-state index is -0.470. The molecule has 3 rings (SSSR count). The lowest BCUT2D eigenvalue weighted by atomic mass is 9.83. The molecule has 0 unspecified atom stereocenters. The first-order valence-corrected chi connectivity index (χ1v) is 10.3. The summed E-state index contributed by atoms with van der Waals surface area (Å²) in [5.41, 5.74) is 2.01. The van der Waals surface area contributed by atoms with Gasteiger partial charge >= 0.3 is 0 Å². The number of hydrogen-bond donors (Lipinski definition) is 0. The van der Waals surface area contributed by atoms with Gasteiger partial charge in [0.15, 0.2) is 5.82 Å². The minimum Gasteiger partial charge on any atom is -0.264 e. The molecule has 0 N–H and O–H groups in total. The number of aromatic nitrogens is 4. The average molecular weight is 395 g/mol. The molecule has 2 aromatic heterocycles. The van der Waals surface area contributed by atoms with E-state index in [9.17, 15) is 4.39 Å². The topological polar surface area (TPSA) is 35.6 Å². The van der Waals surface area contributed by atoms with Crippen LogP contribution in [0.5, 0.6) is 0 Å². The smallest absolute Gasteiger partial charge is 0.164 e. The lowest BCUT2D eigenvalue weighted by molar-refractivity contribution is 0.269. The first-order valence-electron chi connectivity index (χ1n) is 9.94. The molecule has 0 aromatic carbocycles. The molecule has 4 nitrogen and oxygen atoms in total. The fourth-order valence-corrected chi connectivity index (χ4v) is 4.49. The van der Waals surface area contributed by atoms with Crippen LogP contribution in [0.25, 0.3) is 0 Å². The Morgan fingerprint density at radius 3 is 2.30 bits per heavy atom. The largest absolute Gasteiger partial charge is 0.264 e. The Morgan fingerprint density at radius 1 is 1.19 bits per heavy atom. The van der Waals surface area contributed by atoms with Crippen molar-refractivity contribution in [2.75, 3.05) is 0 Å². The first-order chi connectivity index (χ1) is 12.4. The second-order valence-electron chi connectivity index (χ2n) is 9.83. The summed E-state index contributed by atoms with van der Waals surface area (Å²) in [6.07, 6.45) is 5.43. The van der Waals surface area contributed by atoms with Crippen LogP contribution >= 0.6 is 11.6 Å². The molecule has 0 saturated heterocycles. The van der Waals surface area contributed by atoms with Gasteiger partial charge in [0.2, 0.25) is 0 Å². The van der Waals surface area contributed by atoms with Gasteiger partial charge in [0, 0.05) is 23.3 Å². The molecule has 0 amide bonds. The van der Waals surface area contributed by atoms with Gasteiger partial charge in [-0.3, -0.25) is 9.36 Å². The molecule has 0 radical (unpaired) electrons. The van der Waals surface area contributed by atoms with Crippen LogP contribution < -0.4 is 0 Å². The van der Waals surface area contributed by atoms with Crippen LogP contribution in [0.1, 0.15) is 96.9 Å². The van der Waals surface area contributed by atoms with Gasteiger partial charge in [-0.2, -0.15) is 10.2 Å². The van der Waals surface area contributed by atoms with E-state index in [0.29, 0.717) is 18.2 Å². The lowest BCUT2D eigenvalue weighted by Gasteiger charge is -2.31. The molecule has 6 heteroatoms. The summed E-state index contributed by atoms with van der Waals surface area (Å²) in [5.74, 6) is -0.265. The summed E-state index contributed by atoms with van der Waals surface area (Å²) in [7, 11) is 0. The molecule has 1 fully saturated rings. The van der Waals surface area contributed by atoms with Gasteiger partial charge in [-0.05, 0) is 33.1 Å². The van der Waals surface area contributed by atoms with E-state index >= 15 is 0 Å². The van der Waals surface area contributed by atoms with Crippen LogP contribution in [0.15, 0.2) is 6.20 Å². The summed E-state index contributed by atoms with van der Waals surface area (Å²) >= 11 is 6.85. The van der Waals surface area contributed by atoms with Crippen LogP contribution in [0, 0.1) is 5.82 Å². The van der Waals surface area contributed by atoms with E-state index in [0.717, 1.165) is 29.3 Å². The summed E-state index contributed by atoms with van der Waals surface area (Å²) in [6, 6.07) is 0.531. The molecule has 0 bridgehead atoms. The van der Waals surface area contributed by atoms with Gasteiger partial charge in [-0.1, -0.05) is 46.2 Å². The van der Waals surface area contributed by atoms with Crippen molar-refractivity contribution < 1.29 is 4.39 Å². The summed E-state index contributed by atoms with van der Waals surface area (Å²) < 4.78 is 18.5. The molecular formula is C21H32ClFN4. The zero-order valence-electron chi connectivity index (χ0n) is 17.6. The number of hydrogen-bond acceptors (Lipinski definition) is 2. The Hall–Kier alpha value is -1.36. The highest BCUT2D eigenvalue weighted by Crippen LogP contribution is 2.41. The van der Waals surface area contributed by atoms with Crippen LogP contribution in [-0.4, -0.2) is 19.6 Å². The lowest BCUT2D eigenvalue weighted by Crippen LogP contribution is -2.28. The second kappa shape index (κ2) is 6.91. The zero-order chi connectivity index (χ0) is 20.1. The molecule has 2 aromatic rings. The second-order valence-corrected chi connectivity index (χ2v) is 10.2. The van der Waals surface area contributed by atoms with Crippen molar-refractivity contribution >= 4 is 11.6 Å². The average Bonchev–Trinajstić information content (AvgIpc) is 2.98. The molecule has 27 heavy (non-hydrogen) atoms. The molecule has 2 heterocycles. The molecule has 150 valence electrons. The number of rotatable bonds is 5. The molecular weight excluding hydrogens is 363 g/mol. The highest BCUT2D eigenvalue weighted by atomic mass is 35.5. The summed E-state index contributed by atoms with van der Waals surface area (Å²) in [5, 5.41) is 9.91. The maximum absolute atomic E-state index is 14.6. The molecule has 0 atom stereocenters. The van der Waals surface area contributed by atoms with E-state index in [1.165, 1.54) is 12.6 Å². The van der Waals surface area contributed by atoms with Crippen molar-refractivity contribution in [3.05, 3.63) is 34.1 Å². The Labute approximate surface area is 167 Å². The third kappa shape index (κ3) is 3.67. The Morgan fingerprint density at radius 2 is 1.81 bits per heavy atom. The van der Waals surface area contributed by atoms with E-state index in [-0.39, 0.29) is 17.3 Å².